The van der Waals surface area contributed by atoms with Gasteiger partial charge in [-0.1, -0.05) is 25.8 Å². The van der Waals surface area contributed by atoms with Crippen LogP contribution in [0.25, 0.3) is 0 Å². The molecule has 0 bridgehead atoms. The van der Waals surface area contributed by atoms with Crippen molar-refractivity contribution < 1.29 is 5.11 Å². The van der Waals surface area contributed by atoms with Crippen LogP contribution in [0.3, 0.4) is 0 Å². The molecule has 1 aromatic carbocycles. The fraction of sp³-hybridized carbons (Fsp3) is 0.350. The zero-order valence-electron chi connectivity index (χ0n) is 13.8. The number of fused-ring (bicyclic) bond motifs is 1. The van der Waals surface area contributed by atoms with E-state index in [1.807, 2.05) is 23.9 Å². The molecule has 1 aliphatic rings. The van der Waals surface area contributed by atoms with Crippen molar-refractivity contribution in [1.82, 2.24) is 4.98 Å². The summed E-state index contributed by atoms with van der Waals surface area (Å²) in [5.41, 5.74) is 4.18. The van der Waals surface area contributed by atoms with Crippen molar-refractivity contribution in [2.75, 3.05) is 5.75 Å². The summed E-state index contributed by atoms with van der Waals surface area (Å²) in [4.78, 5) is 5.67. The molecule has 1 aliphatic heterocycles. The quantitative estimate of drug-likeness (QED) is 0.794. The number of benzene rings is 1. The van der Waals surface area contributed by atoms with Gasteiger partial charge >= 0.3 is 0 Å². The minimum atomic E-state index is -0.495. The molecule has 3 rings (SSSR count). The molecule has 1 aromatic heterocycles. The maximum absolute atomic E-state index is 9.51. The Morgan fingerprint density at radius 3 is 2.74 bits per heavy atom. The van der Waals surface area contributed by atoms with Crippen molar-refractivity contribution in [3.05, 3.63) is 58.9 Å². The number of nitrogens with zero attached hydrogens (tertiary/aromatic N) is 1. The second-order valence-electron chi connectivity index (χ2n) is 6.60. The van der Waals surface area contributed by atoms with Gasteiger partial charge < -0.3 is 5.11 Å². The van der Waals surface area contributed by atoms with Crippen molar-refractivity contribution in [1.29, 1.82) is 0 Å². The standard InChI is InChI=1S/C20H21NOS/c1-14(22)16-6-8-17(21-13-16)7-4-15-5-9-19-18(12-15)20(2,3)10-11-23-19/h5-6,8-9,12-14,22H,10-11H2,1-3H3. The number of hydrogen-bond acceptors (Lipinski definition) is 3. The summed E-state index contributed by atoms with van der Waals surface area (Å²) in [5, 5.41) is 9.51. The first-order valence-corrected chi connectivity index (χ1v) is 8.88. The Balaban J connectivity index is 1.87. The van der Waals surface area contributed by atoms with E-state index in [1.54, 1.807) is 13.1 Å². The third-order valence-corrected chi connectivity index (χ3v) is 5.37. The van der Waals surface area contributed by atoms with Gasteiger partial charge in [0.05, 0.1) is 6.10 Å². The van der Waals surface area contributed by atoms with Gasteiger partial charge in [0, 0.05) is 16.7 Å². The van der Waals surface area contributed by atoms with Crippen LogP contribution in [-0.4, -0.2) is 15.8 Å². The third kappa shape index (κ3) is 3.60. The van der Waals surface area contributed by atoms with Gasteiger partial charge in [-0.25, -0.2) is 4.98 Å². The molecule has 0 saturated heterocycles. The molecule has 3 heteroatoms. The highest BCUT2D eigenvalue weighted by Crippen LogP contribution is 2.41. The van der Waals surface area contributed by atoms with Crippen molar-refractivity contribution in [2.45, 2.75) is 43.6 Å². The zero-order valence-corrected chi connectivity index (χ0v) is 14.6. The van der Waals surface area contributed by atoms with Crippen LogP contribution in [0.5, 0.6) is 0 Å². The van der Waals surface area contributed by atoms with Crippen LogP contribution in [0.4, 0.5) is 0 Å². The van der Waals surface area contributed by atoms with Crippen LogP contribution in [-0.2, 0) is 5.41 Å². The van der Waals surface area contributed by atoms with Gasteiger partial charge in [-0.15, -0.1) is 11.8 Å². The average Bonchev–Trinajstić information content (AvgIpc) is 2.53. The van der Waals surface area contributed by atoms with E-state index in [1.165, 1.54) is 22.6 Å². The minimum Gasteiger partial charge on any atom is -0.389 e. The third-order valence-electron chi connectivity index (χ3n) is 4.30. The molecule has 2 heterocycles. The molecule has 0 radical (unpaired) electrons. The summed E-state index contributed by atoms with van der Waals surface area (Å²) < 4.78 is 0. The van der Waals surface area contributed by atoms with Gasteiger partial charge in [-0.3, -0.25) is 0 Å². The number of thioether (sulfide) groups is 1. The second kappa shape index (κ2) is 6.39. The summed E-state index contributed by atoms with van der Waals surface area (Å²) >= 11 is 1.93. The van der Waals surface area contributed by atoms with Crippen LogP contribution >= 0.6 is 11.8 Å². The highest BCUT2D eigenvalue weighted by atomic mass is 32.2. The summed E-state index contributed by atoms with van der Waals surface area (Å²) in [7, 11) is 0. The van der Waals surface area contributed by atoms with E-state index in [9.17, 15) is 5.11 Å². The minimum absolute atomic E-state index is 0.218. The number of pyridine rings is 1. The number of aliphatic hydroxyl groups is 1. The molecule has 23 heavy (non-hydrogen) atoms. The highest BCUT2D eigenvalue weighted by Gasteiger charge is 2.27. The normalized spacial score (nSPS) is 16.9. The van der Waals surface area contributed by atoms with Gasteiger partial charge in [0.2, 0.25) is 0 Å². The summed E-state index contributed by atoms with van der Waals surface area (Å²) in [6.45, 7) is 6.34. The average molecular weight is 323 g/mol. The van der Waals surface area contributed by atoms with E-state index in [0.29, 0.717) is 0 Å². The number of rotatable bonds is 1. The molecular formula is C20H21NOS. The monoisotopic (exact) mass is 323 g/mol. The maximum atomic E-state index is 9.51. The van der Waals surface area contributed by atoms with E-state index in [2.05, 4.69) is 48.9 Å². The first kappa shape index (κ1) is 16.1. The van der Waals surface area contributed by atoms with Gasteiger partial charge in [0.15, 0.2) is 0 Å². The molecule has 0 fully saturated rings. The fourth-order valence-corrected chi connectivity index (χ4v) is 4.16. The van der Waals surface area contributed by atoms with Crippen LogP contribution in [0.1, 0.15) is 55.7 Å². The van der Waals surface area contributed by atoms with E-state index >= 15 is 0 Å². The SMILES string of the molecule is CC(O)c1ccc(C#Cc2ccc3c(c2)C(C)(C)CCS3)nc1. The lowest BCUT2D eigenvalue weighted by molar-refractivity contribution is 0.199. The van der Waals surface area contributed by atoms with Crippen molar-refractivity contribution in [3.8, 4) is 11.8 Å². The number of hydrogen-bond donors (Lipinski definition) is 1. The van der Waals surface area contributed by atoms with Crippen LogP contribution in [0, 0.1) is 11.8 Å². The number of aromatic nitrogens is 1. The van der Waals surface area contributed by atoms with Gasteiger partial charge in [-0.05, 0) is 65.8 Å². The molecule has 2 nitrogen and oxygen atoms in total. The molecule has 0 spiro atoms. The smallest absolute Gasteiger partial charge is 0.113 e. The lowest BCUT2D eigenvalue weighted by atomic mass is 9.81. The van der Waals surface area contributed by atoms with Crippen molar-refractivity contribution in [2.24, 2.45) is 0 Å². The highest BCUT2D eigenvalue weighted by molar-refractivity contribution is 7.99. The molecule has 118 valence electrons. The predicted octanol–water partition coefficient (Wildman–Crippen LogP) is 4.31. The number of aliphatic hydroxyl groups excluding tert-OH is 1. The van der Waals surface area contributed by atoms with Crippen molar-refractivity contribution >= 4 is 11.8 Å². The molecule has 0 saturated carbocycles. The van der Waals surface area contributed by atoms with E-state index in [-0.39, 0.29) is 5.41 Å². The topological polar surface area (TPSA) is 33.1 Å². The van der Waals surface area contributed by atoms with E-state index < -0.39 is 6.10 Å². The Morgan fingerprint density at radius 1 is 1.22 bits per heavy atom. The first-order valence-electron chi connectivity index (χ1n) is 7.89. The zero-order chi connectivity index (χ0) is 16.4. The van der Waals surface area contributed by atoms with Gasteiger partial charge in [0.1, 0.15) is 5.69 Å². The lowest BCUT2D eigenvalue weighted by Gasteiger charge is -2.32. The Morgan fingerprint density at radius 2 is 2.04 bits per heavy atom. The molecule has 0 amide bonds. The molecule has 1 atom stereocenters. The van der Waals surface area contributed by atoms with Crippen LogP contribution < -0.4 is 0 Å². The molecular weight excluding hydrogens is 302 g/mol. The fourth-order valence-electron chi connectivity index (χ4n) is 2.68. The Kier molecular flexibility index (Phi) is 4.48. The van der Waals surface area contributed by atoms with Crippen molar-refractivity contribution in [3.63, 3.8) is 0 Å². The largest absolute Gasteiger partial charge is 0.389 e. The van der Waals surface area contributed by atoms with Gasteiger partial charge in [0.25, 0.3) is 0 Å². The van der Waals surface area contributed by atoms with Gasteiger partial charge in [-0.2, -0.15) is 0 Å². The second-order valence-corrected chi connectivity index (χ2v) is 7.73. The Labute approximate surface area is 142 Å². The van der Waals surface area contributed by atoms with E-state index in [4.69, 9.17) is 0 Å². The molecule has 1 unspecified atom stereocenters. The summed E-state index contributed by atoms with van der Waals surface area (Å²) in [5.74, 6) is 7.51. The maximum Gasteiger partial charge on any atom is 0.113 e. The van der Waals surface area contributed by atoms with Crippen LogP contribution in [0.2, 0.25) is 0 Å². The Bertz CT molecular complexity index is 766. The van der Waals surface area contributed by atoms with E-state index in [0.717, 1.165) is 16.8 Å². The molecule has 0 aliphatic carbocycles. The van der Waals surface area contributed by atoms with Crippen LogP contribution in [0.15, 0.2) is 41.4 Å². The molecule has 1 N–H and O–H groups in total. The first-order chi connectivity index (χ1) is 11.0. The Hall–Kier alpha value is -1.76. The predicted molar refractivity (Wildman–Crippen MR) is 95.7 cm³/mol. The summed E-state index contributed by atoms with van der Waals surface area (Å²) in [6, 6.07) is 10.2. The molecule has 2 aromatic rings. The lowest BCUT2D eigenvalue weighted by Crippen LogP contribution is -2.22. The summed E-state index contributed by atoms with van der Waals surface area (Å²) in [6.07, 6.45) is 2.38.